The molecule has 0 saturated heterocycles. The molecule has 0 amide bonds. The van der Waals surface area contributed by atoms with E-state index in [4.69, 9.17) is 10.5 Å². The summed E-state index contributed by atoms with van der Waals surface area (Å²) in [5.41, 5.74) is 2.56. The minimum Gasteiger partial charge on any atom is -0.497 e. The standard InChI is InChI=1S/C27H22F5NO/c1-14-22(15-7-5-4-6-8-15)25(31)27(2,24-20(29)12-17(34-3)13-21(24)30)26(32)23(14)18-10-9-16(33)11-19(18)28/h4-13,26H,33H2,1-3H3. The summed E-state index contributed by atoms with van der Waals surface area (Å²) in [6, 6.07) is 13.6. The maximum atomic E-state index is 16.4. The number of benzene rings is 3. The molecule has 3 aromatic carbocycles. The van der Waals surface area contributed by atoms with Crippen molar-refractivity contribution in [2.24, 2.45) is 0 Å². The minimum atomic E-state index is -2.44. The molecule has 0 aliphatic heterocycles. The Morgan fingerprint density at radius 2 is 1.50 bits per heavy atom. The van der Waals surface area contributed by atoms with Crippen LogP contribution in [-0.2, 0) is 5.41 Å². The maximum Gasteiger partial charge on any atom is 0.142 e. The number of hydrogen-bond donors (Lipinski definition) is 1. The second-order valence-corrected chi connectivity index (χ2v) is 8.36. The Morgan fingerprint density at radius 1 is 0.882 bits per heavy atom. The van der Waals surface area contributed by atoms with Crippen molar-refractivity contribution in [2.45, 2.75) is 25.4 Å². The van der Waals surface area contributed by atoms with Crippen LogP contribution in [0.4, 0.5) is 27.6 Å². The highest BCUT2D eigenvalue weighted by Crippen LogP contribution is 2.54. The predicted molar refractivity (Wildman–Crippen MR) is 123 cm³/mol. The third-order valence-corrected chi connectivity index (χ3v) is 6.33. The molecule has 2 atom stereocenters. The molecule has 0 aromatic heterocycles. The van der Waals surface area contributed by atoms with Crippen molar-refractivity contribution in [3.05, 3.63) is 106 Å². The molecule has 0 spiro atoms. The summed E-state index contributed by atoms with van der Waals surface area (Å²) in [5, 5.41) is 0. The van der Waals surface area contributed by atoms with Crippen molar-refractivity contribution in [3.8, 4) is 5.75 Å². The van der Waals surface area contributed by atoms with E-state index in [1.165, 1.54) is 26.2 Å². The molecule has 2 nitrogen and oxygen atoms in total. The van der Waals surface area contributed by atoms with Crippen molar-refractivity contribution < 1.29 is 26.7 Å². The molecule has 2 N–H and O–H groups in total. The molecule has 7 heteroatoms. The number of methoxy groups -OCH3 is 1. The minimum absolute atomic E-state index is 0.0576. The molecule has 0 radical (unpaired) electrons. The number of anilines is 1. The van der Waals surface area contributed by atoms with Crippen LogP contribution in [0.25, 0.3) is 11.1 Å². The molecule has 2 unspecified atom stereocenters. The van der Waals surface area contributed by atoms with E-state index in [0.717, 1.165) is 25.1 Å². The third-order valence-electron chi connectivity index (χ3n) is 6.33. The Labute approximate surface area is 194 Å². The second-order valence-electron chi connectivity index (χ2n) is 8.36. The summed E-state index contributed by atoms with van der Waals surface area (Å²) < 4.78 is 82.9. The molecule has 0 saturated carbocycles. The zero-order valence-corrected chi connectivity index (χ0v) is 18.7. The molecule has 0 heterocycles. The van der Waals surface area contributed by atoms with Gasteiger partial charge in [-0.25, -0.2) is 22.0 Å². The quantitative estimate of drug-likeness (QED) is 0.324. The zero-order chi connectivity index (χ0) is 24.8. The third kappa shape index (κ3) is 3.56. The van der Waals surface area contributed by atoms with Gasteiger partial charge in [0.2, 0.25) is 0 Å². The highest BCUT2D eigenvalue weighted by molar-refractivity contribution is 5.95. The summed E-state index contributed by atoms with van der Waals surface area (Å²) in [6.45, 7) is 2.53. The molecular weight excluding hydrogens is 449 g/mol. The van der Waals surface area contributed by atoms with Gasteiger partial charge in [-0.1, -0.05) is 30.3 Å². The molecule has 1 aliphatic carbocycles. The maximum absolute atomic E-state index is 16.4. The highest BCUT2D eigenvalue weighted by atomic mass is 19.2. The van der Waals surface area contributed by atoms with Crippen LogP contribution in [0.1, 0.15) is 30.5 Å². The van der Waals surface area contributed by atoms with Crippen LogP contribution >= 0.6 is 0 Å². The van der Waals surface area contributed by atoms with Gasteiger partial charge in [0.25, 0.3) is 0 Å². The summed E-state index contributed by atoms with van der Waals surface area (Å²) >= 11 is 0. The van der Waals surface area contributed by atoms with Crippen LogP contribution in [0.5, 0.6) is 5.75 Å². The predicted octanol–water partition coefficient (Wildman–Crippen LogP) is 7.16. The number of hydrogen-bond acceptors (Lipinski definition) is 2. The van der Waals surface area contributed by atoms with Crippen LogP contribution in [0.3, 0.4) is 0 Å². The molecule has 4 rings (SSSR count). The number of halogens is 5. The first kappa shape index (κ1) is 23.5. The molecule has 1 aliphatic rings. The number of nitrogens with two attached hydrogens (primary N) is 1. The van der Waals surface area contributed by atoms with Gasteiger partial charge in [-0.15, -0.1) is 0 Å². The van der Waals surface area contributed by atoms with Gasteiger partial charge in [-0.05, 0) is 43.2 Å². The van der Waals surface area contributed by atoms with Crippen LogP contribution in [0.2, 0.25) is 0 Å². The zero-order valence-electron chi connectivity index (χ0n) is 18.7. The van der Waals surface area contributed by atoms with E-state index >= 15 is 17.6 Å². The van der Waals surface area contributed by atoms with Crippen molar-refractivity contribution in [2.75, 3.05) is 12.8 Å². The van der Waals surface area contributed by atoms with Crippen molar-refractivity contribution in [3.63, 3.8) is 0 Å². The number of nitrogen functional groups attached to an aromatic ring is 1. The van der Waals surface area contributed by atoms with Crippen LogP contribution < -0.4 is 10.5 Å². The van der Waals surface area contributed by atoms with Crippen LogP contribution in [0.15, 0.2) is 72.1 Å². The van der Waals surface area contributed by atoms with Crippen LogP contribution in [0, 0.1) is 17.5 Å². The fourth-order valence-electron chi connectivity index (χ4n) is 4.59. The summed E-state index contributed by atoms with van der Waals surface area (Å²) in [4.78, 5) is 0. The Balaban J connectivity index is 2.09. The Kier molecular flexibility index (Phi) is 5.98. The SMILES string of the molecule is COc1cc(F)c(C2(C)C(F)=C(c3ccccc3)C(C)=C(c3ccc(N)cc3F)C2F)c(F)c1. The van der Waals surface area contributed by atoms with Gasteiger partial charge in [-0.3, -0.25) is 0 Å². The average Bonchev–Trinajstić information content (AvgIpc) is 2.79. The van der Waals surface area contributed by atoms with E-state index in [2.05, 4.69) is 0 Å². The van der Waals surface area contributed by atoms with E-state index in [1.807, 2.05) is 0 Å². The number of ether oxygens (including phenoxy) is 1. The molecular formula is C27H22F5NO. The smallest absolute Gasteiger partial charge is 0.142 e. The lowest BCUT2D eigenvalue weighted by Gasteiger charge is -2.40. The van der Waals surface area contributed by atoms with Crippen molar-refractivity contribution in [1.82, 2.24) is 0 Å². The molecule has 34 heavy (non-hydrogen) atoms. The fraction of sp³-hybridized carbons (Fsp3) is 0.185. The van der Waals surface area contributed by atoms with Gasteiger partial charge in [0.15, 0.2) is 0 Å². The normalized spacial score (nSPS) is 20.6. The van der Waals surface area contributed by atoms with Gasteiger partial charge in [0.05, 0.1) is 12.5 Å². The average molecular weight is 471 g/mol. The number of rotatable bonds is 4. The van der Waals surface area contributed by atoms with Gasteiger partial charge in [0, 0.05) is 40.1 Å². The topological polar surface area (TPSA) is 35.2 Å². The molecule has 176 valence electrons. The Hall–Kier alpha value is -3.61. The highest BCUT2D eigenvalue weighted by Gasteiger charge is 2.51. The first-order valence-corrected chi connectivity index (χ1v) is 10.5. The summed E-state index contributed by atoms with van der Waals surface area (Å²) in [5.74, 6) is -4.39. The summed E-state index contributed by atoms with van der Waals surface area (Å²) in [6.07, 6.45) is -2.32. The van der Waals surface area contributed by atoms with E-state index in [0.29, 0.717) is 5.56 Å². The van der Waals surface area contributed by atoms with E-state index in [-0.39, 0.29) is 33.7 Å². The Bertz CT molecular complexity index is 1310. The van der Waals surface area contributed by atoms with E-state index < -0.39 is 40.4 Å². The second kappa shape index (κ2) is 8.63. The van der Waals surface area contributed by atoms with E-state index in [1.54, 1.807) is 30.3 Å². The summed E-state index contributed by atoms with van der Waals surface area (Å²) in [7, 11) is 1.22. The Morgan fingerprint density at radius 3 is 2.06 bits per heavy atom. The molecule has 0 bridgehead atoms. The van der Waals surface area contributed by atoms with Crippen molar-refractivity contribution >= 4 is 16.8 Å². The lowest BCUT2D eigenvalue weighted by molar-refractivity contribution is 0.243. The fourth-order valence-corrected chi connectivity index (χ4v) is 4.59. The first-order valence-electron chi connectivity index (χ1n) is 10.5. The van der Waals surface area contributed by atoms with Crippen LogP contribution in [-0.4, -0.2) is 13.3 Å². The van der Waals surface area contributed by atoms with Crippen molar-refractivity contribution in [1.29, 1.82) is 0 Å². The molecule has 0 fully saturated rings. The lowest BCUT2D eigenvalue weighted by Crippen LogP contribution is -2.41. The number of allylic oxidation sites excluding steroid dienone is 4. The van der Waals surface area contributed by atoms with Gasteiger partial charge in [0.1, 0.15) is 35.2 Å². The van der Waals surface area contributed by atoms with E-state index in [9.17, 15) is 4.39 Å². The van der Waals surface area contributed by atoms with Gasteiger partial charge < -0.3 is 10.5 Å². The first-order chi connectivity index (χ1) is 16.1. The number of alkyl halides is 1. The monoisotopic (exact) mass is 471 g/mol. The largest absolute Gasteiger partial charge is 0.497 e. The molecule has 3 aromatic rings. The lowest BCUT2D eigenvalue weighted by atomic mass is 9.66. The van der Waals surface area contributed by atoms with Gasteiger partial charge >= 0.3 is 0 Å². The van der Waals surface area contributed by atoms with Gasteiger partial charge in [-0.2, -0.15) is 0 Å².